The van der Waals surface area contributed by atoms with Crippen LogP contribution in [0.3, 0.4) is 0 Å². The van der Waals surface area contributed by atoms with Gasteiger partial charge in [0.25, 0.3) is 0 Å². The normalized spacial score (nSPS) is 15.9. The molecule has 1 aromatic heterocycles. The Balaban J connectivity index is 2.51. The SMILES string of the molecule is CC(CO)C(C)NCc1ccc(C(C)(C)C)s1. The zero-order valence-corrected chi connectivity index (χ0v) is 12.4. The number of rotatable bonds is 5. The Morgan fingerprint density at radius 1 is 1.29 bits per heavy atom. The van der Waals surface area contributed by atoms with Gasteiger partial charge in [0.1, 0.15) is 0 Å². The van der Waals surface area contributed by atoms with E-state index < -0.39 is 0 Å². The Kier molecular flexibility index (Phi) is 5.17. The molecular formula is C14H25NOS. The number of nitrogens with one attached hydrogen (secondary N) is 1. The van der Waals surface area contributed by atoms with E-state index >= 15 is 0 Å². The minimum absolute atomic E-state index is 0.242. The Hall–Kier alpha value is -0.380. The number of thiophene rings is 1. The van der Waals surface area contributed by atoms with Gasteiger partial charge in [0.15, 0.2) is 0 Å². The van der Waals surface area contributed by atoms with Crippen molar-refractivity contribution in [3.8, 4) is 0 Å². The molecule has 98 valence electrons. The van der Waals surface area contributed by atoms with Gasteiger partial charge in [0, 0.05) is 28.9 Å². The van der Waals surface area contributed by atoms with Crippen molar-refractivity contribution in [2.75, 3.05) is 6.61 Å². The summed E-state index contributed by atoms with van der Waals surface area (Å²) in [6.45, 7) is 12.1. The third kappa shape index (κ3) is 4.41. The second kappa shape index (κ2) is 5.98. The lowest BCUT2D eigenvalue weighted by atomic mass is 9.95. The highest BCUT2D eigenvalue weighted by Crippen LogP contribution is 2.29. The maximum atomic E-state index is 9.08. The average molecular weight is 255 g/mol. The summed E-state index contributed by atoms with van der Waals surface area (Å²) in [6, 6.07) is 4.77. The molecule has 3 heteroatoms. The summed E-state index contributed by atoms with van der Waals surface area (Å²) >= 11 is 1.88. The predicted molar refractivity (Wildman–Crippen MR) is 75.6 cm³/mol. The summed E-state index contributed by atoms with van der Waals surface area (Å²) < 4.78 is 0. The molecule has 1 rings (SSSR count). The minimum Gasteiger partial charge on any atom is -0.396 e. The lowest BCUT2D eigenvalue weighted by Gasteiger charge is -2.19. The monoisotopic (exact) mass is 255 g/mol. The first-order valence-corrected chi connectivity index (χ1v) is 7.09. The van der Waals surface area contributed by atoms with Gasteiger partial charge >= 0.3 is 0 Å². The Morgan fingerprint density at radius 2 is 1.94 bits per heavy atom. The van der Waals surface area contributed by atoms with E-state index in [9.17, 15) is 0 Å². The van der Waals surface area contributed by atoms with E-state index in [2.05, 4.69) is 52.1 Å². The lowest BCUT2D eigenvalue weighted by molar-refractivity contribution is 0.207. The van der Waals surface area contributed by atoms with Crippen LogP contribution in [0.1, 0.15) is 44.4 Å². The van der Waals surface area contributed by atoms with E-state index in [0.29, 0.717) is 12.0 Å². The van der Waals surface area contributed by atoms with Crippen LogP contribution in [0.25, 0.3) is 0 Å². The first-order valence-electron chi connectivity index (χ1n) is 6.28. The molecule has 2 atom stereocenters. The molecule has 0 amide bonds. The fourth-order valence-electron chi connectivity index (χ4n) is 1.50. The van der Waals surface area contributed by atoms with Gasteiger partial charge in [0.05, 0.1) is 0 Å². The summed E-state index contributed by atoms with van der Waals surface area (Å²) in [5, 5.41) is 12.5. The molecule has 0 aliphatic rings. The largest absolute Gasteiger partial charge is 0.396 e. The molecule has 0 bridgehead atoms. The molecule has 0 fully saturated rings. The van der Waals surface area contributed by atoms with E-state index in [1.807, 2.05) is 11.3 Å². The van der Waals surface area contributed by atoms with Gasteiger partial charge in [-0.3, -0.25) is 0 Å². The van der Waals surface area contributed by atoms with Crippen molar-refractivity contribution in [3.05, 3.63) is 21.9 Å². The zero-order chi connectivity index (χ0) is 13.1. The van der Waals surface area contributed by atoms with Crippen molar-refractivity contribution in [2.45, 2.75) is 52.6 Å². The van der Waals surface area contributed by atoms with Crippen LogP contribution in [-0.4, -0.2) is 17.8 Å². The first-order chi connectivity index (χ1) is 7.84. The lowest BCUT2D eigenvalue weighted by Crippen LogP contribution is -2.33. The molecule has 0 aliphatic heterocycles. The molecule has 1 heterocycles. The van der Waals surface area contributed by atoms with Crippen LogP contribution in [-0.2, 0) is 12.0 Å². The second-order valence-electron chi connectivity index (χ2n) is 5.85. The second-order valence-corrected chi connectivity index (χ2v) is 7.01. The van der Waals surface area contributed by atoms with Crippen LogP contribution in [0.2, 0.25) is 0 Å². The molecule has 17 heavy (non-hydrogen) atoms. The third-order valence-corrected chi connectivity index (χ3v) is 4.65. The molecule has 0 saturated heterocycles. The molecule has 1 aromatic rings. The van der Waals surface area contributed by atoms with Gasteiger partial charge in [0.2, 0.25) is 0 Å². The number of hydrogen-bond donors (Lipinski definition) is 2. The summed E-state index contributed by atoms with van der Waals surface area (Å²) in [4.78, 5) is 2.80. The van der Waals surface area contributed by atoms with Crippen LogP contribution in [0.4, 0.5) is 0 Å². The van der Waals surface area contributed by atoms with Gasteiger partial charge < -0.3 is 10.4 Å². The Labute approximate surface area is 109 Å². The van der Waals surface area contributed by atoms with E-state index in [-0.39, 0.29) is 12.0 Å². The highest BCUT2D eigenvalue weighted by atomic mass is 32.1. The van der Waals surface area contributed by atoms with Crippen molar-refractivity contribution < 1.29 is 5.11 Å². The van der Waals surface area contributed by atoms with Crippen molar-refractivity contribution >= 4 is 11.3 Å². The van der Waals surface area contributed by atoms with Crippen LogP contribution < -0.4 is 5.32 Å². The molecule has 2 nitrogen and oxygen atoms in total. The van der Waals surface area contributed by atoms with Crippen molar-refractivity contribution in [2.24, 2.45) is 5.92 Å². The fourth-order valence-corrected chi connectivity index (χ4v) is 2.51. The van der Waals surface area contributed by atoms with Crippen LogP contribution >= 0.6 is 11.3 Å². The maximum absolute atomic E-state index is 9.08. The maximum Gasteiger partial charge on any atom is 0.0471 e. The van der Waals surface area contributed by atoms with E-state index in [4.69, 9.17) is 5.11 Å². The minimum atomic E-state index is 0.242. The molecule has 0 radical (unpaired) electrons. The van der Waals surface area contributed by atoms with Crippen LogP contribution in [0.5, 0.6) is 0 Å². The summed E-state index contributed by atoms with van der Waals surface area (Å²) in [6.07, 6.45) is 0. The summed E-state index contributed by atoms with van der Waals surface area (Å²) in [7, 11) is 0. The highest BCUT2D eigenvalue weighted by molar-refractivity contribution is 7.12. The molecule has 0 aliphatic carbocycles. The topological polar surface area (TPSA) is 32.3 Å². The molecular weight excluding hydrogens is 230 g/mol. The van der Waals surface area contributed by atoms with Crippen LogP contribution in [0, 0.1) is 5.92 Å². The van der Waals surface area contributed by atoms with E-state index in [1.54, 1.807) is 0 Å². The van der Waals surface area contributed by atoms with Crippen molar-refractivity contribution in [3.63, 3.8) is 0 Å². The van der Waals surface area contributed by atoms with Gasteiger partial charge in [-0.25, -0.2) is 0 Å². The predicted octanol–water partition coefficient (Wildman–Crippen LogP) is 3.15. The molecule has 0 spiro atoms. The van der Waals surface area contributed by atoms with Gasteiger partial charge in [-0.2, -0.15) is 0 Å². The zero-order valence-electron chi connectivity index (χ0n) is 11.6. The van der Waals surface area contributed by atoms with Gasteiger partial charge in [-0.1, -0.05) is 27.7 Å². The van der Waals surface area contributed by atoms with Gasteiger partial charge in [-0.15, -0.1) is 11.3 Å². The number of aliphatic hydroxyl groups is 1. The molecule has 0 saturated carbocycles. The van der Waals surface area contributed by atoms with Gasteiger partial charge in [-0.05, 0) is 30.4 Å². The van der Waals surface area contributed by atoms with E-state index in [1.165, 1.54) is 9.75 Å². The summed E-state index contributed by atoms with van der Waals surface area (Å²) in [5.41, 5.74) is 0.243. The van der Waals surface area contributed by atoms with Crippen LogP contribution in [0.15, 0.2) is 12.1 Å². The highest BCUT2D eigenvalue weighted by Gasteiger charge is 2.16. The number of hydrogen-bond acceptors (Lipinski definition) is 3. The Bertz CT molecular complexity index is 340. The summed E-state index contributed by atoms with van der Waals surface area (Å²) in [5.74, 6) is 0.303. The standard InChI is InChI=1S/C14H25NOS/c1-10(9-16)11(2)15-8-12-6-7-13(17-12)14(3,4)5/h6-7,10-11,15-16H,8-9H2,1-5H3. The smallest absolute Gasteiger partial charge is 0.0471 e. The number of aliphatic hydroxyl groups excluding tert-OH is 1. The average Bonchev–Trinajstić information content (AvgIpc) is 2.72. The first kappa shape index (κ1) is 14.7. The van der Waals surface area contributed by atoms with Crippen molar-refractivity contribution in [1.29, 1.82) is 0 Å². The molecule has 2 unspecified atom stereocenters. The Morgan fingerprint density at radius 3 is 2.41 bits per heavy atom. The quantitative estimate of drug-likeness (QED) is 0.847. The molecule has 2 N–H and O–H groups in total. The third-order valence-electron chi connectivity index (χ3n) is 3.14. The van der Waals surface area contributed by atoms with Crippen molar-refractivity contribution in [1.82, 2.24) is 5.32 Å². The van der Waals surface area contributed by atoms with E-state index in [0.717, 1.165) is 6.54 Å². The molecule has 0 aromatic carbocycles. The fraction of sp³-hybridized carbons (Fsp3) is 0.714.